The molecule has 7 heteroatoms. The molecule has 0 radical (unpaired) electrons. The molecule has 0 saturated heterocycles. The van der Waals surface area contributed by atoms with Crippen LogP contribution in [0.4, 0.5) is 17.3 Å². The summed E-state index contributed by atoms with van der Waals surface area (Å²) in [4.78, 5) is 14.9. The number of nitrogens with one attached hydrogen (secondary N) is 2. The highest BCUT2D eigenvalue weighted by Crippen LogP contribution is 2.21. The average molecular weight is 282 g/mol. The Balaban J connectivity index is 2.93. The molecule has 1 unspecified atom stereocenters. The summed E-state index contributed by atoms with van der Waals surface area (Å²) in [5.74, 6) is 0.988. The number of pyridine rings is 1. The zero-order valence-corrected chi connectivity index (χ0v) is 12.2. The van der Waals surface area contributed by atoms with Crippen molar-refractivity contribution in [2.24, 2.45) is 0 Å². The fraction of sp³-hybridized carbons (Fsp3) is 0.615. The second-order valence-corrected chi connectivity index (χ2v) is 4.47. The fourth-order valence-electron chi connectivity index (χ4n) is 1.92. The maximum atomic E-state index is 10.9. The van der Waals surface area contributed by atoms with Gasteiger partial charge in [-0.25, -0.2) is 4.98 Å². The number of methoxy groups -OCH3 is 1. The van der Waals surface area contributed by atoms with Gasteiger partial charge in [-0.05, 0) is 13.3 Å². The molecule has 1 aromatic rings. The Morgan fingerprint density at radius 3 is 2.65 bits per heavy atom. The van der Waals surface area contributed by atoms with Crippen molar-refractivity contribution in [3.05, 3.63) is 22.2 Å². The van der Waals surface area contributed by atoms with Gasteiger partial charge in [-0.3, -0.25) is 10.1 Å². The van der Waals surface area contributed by atoms with Crippen molar-refractivity contribution in [1.29, 1.82) is 0 Å². The molecular weight excluding hydrogens is 260 g/mol. The molecule has 1 rings (SSSR count). The van der Waals surface area contributed by atoms with E-state index in [1.54, 1.807) is 7.11 Å². The quantitative estimate of drug-likeness (QED) is 0.534. The Hall–Kier alpha value is -1.89. The van der Waals surface area contributed by atoms with Crippen LogP contribution in [0.2, 0.25) is 0 Å². The van der Waals surface area contributed by atoms with Gasteiger partial charge in [-0.2, -0.15) is 0 Å². The van der Waals surface area contributed by atoms with E-state index in [1.807, 2.05) is 6.92 Å². The Bertz CT molecular complexity index is 434. The van der Waals surface area contributed by atoms with Crippen LogP contribution in [-0.4, -0.2) is 36.2 Å². The van der Waals surface area contributed by atoms with Crippen LogP contribution in [0, 0.1) is 10.1 Å². The van der Waals surface area contributed by atoms with Crippen molar-refractivity contribution in [2.45, 2.75) is 32.7 Å². The summed E-state index contributed by atoms with van der Waals surface area (Å²) in [5, 5.41) is 17.1. The maximum absolute atomic E-state index is 10.9. The van der Waals surface area contributed by atoms with E-state index in [-0.39, 0.29) is 11.7 Å². The second-order valence-electron chi connectivity index (χ2n) is 4.47. The van der Waals surface area contributed by atoms with Crippen molar-refractivity contribution in [3.63, 3.8) is 0 Å². The van der Waals surface area contributed by atoms with Crippen molar-refractivity contribution < 1.29 is 9.66 Å². The van der Waals surface area contributed by atoms with Crippen molar-refractivity contribution in [3.8, 4) is 0 Å². The van der Waals surface area contributed by atoms with E-state index in [2.05, 4.69) is 22.5 Å². The molecule has 0 aromatic carbocycles. The SMILES string of the molecule is CCCC(COC)Nc1cc([N+](=O)[O-])cc(NCC)n1. The maximum Gasteiger partial charge on any atom is 0.276 e. The minimum atomic E-state index is -0.418. The zero-order valence-electron chi connectivity index (χ0n) is 12.2. The summed E-state index contributed by atoms with van der Waals surface area (Å²) < 4.78 is 5.14. The first-order valence-corrected chi connectivity index (χ1v) is 6.76. The van der Waals surface area contributed by atoms with Crippen LogP contribution in [0.3, 0.4) is 0 Å². The molecule has 7 nitrogen and oxygen atoms in total. The lowest BCUT2D eigenvalue weighted by atomic mass is 10.2. The lowest BCUT2D eigenvalue weighted by Crippen LogP contribution is -2.25. The van der Waals surface area contributed by atoms with Gasteiger partial charge < -0.3 is 15.4 Å². The summed E-state index contributed by atoms with van der Waals surface area (Å²) in [6.07, 6.45) is 1.91. The normalized spacial score (nSPS) is 11.9. The number of nitro groups is 1. The van der Waals surface area contributed by atoms with E-state index in [0.29, 0.717) is 24.8 Å². The van der Waals surface area contributed by atoms with Gasteiger partial charge in [0.25, 0.3) is 5.69 Å². The summed E-state index contributed by atoms with van der Waals surface area (Å²) in [6, 6.07) is 2.97. The minimum Gasteiger partial charge on any atom is -0.383 e. The smallest absolute Gasteiger partial charge is 0.276 e. The van der Waals surface area contributed by atoms with Gasteiger partial charge in [-0.15, -0.1) is 0 Å². The van der Waals surface area contributed by atoms with E-state index in [4.69, 9.17) is 4.74 Å². The molecule has 0 aliphatic heterocycles. The topological polar surface area (TPSA) is 89.3 Å². The molecule has 0 aliphatic rings. The molecule has 1 aromatic heterocycles. The van der Waals surface area contributed by atoms with Crippen LogP contribution in [0.25, 0.3) is 0 Å². The molecule has 0 bridgehead atoms. The molecule has 1 heterocycles. The predicted molar refractivity (Wildman–Crippen MR) is 79.2 cm³/mol. The van der Waals surface area contributed by atoms with Gasteiger partial charge in [0.15, 0.2) is 0 Å². The third kappa shape index (κ3) is 5.00. The van der Waals surface area contributed by atoms with E-state index >= 15 is 0 Å². The predicted octanol–water partition coefficient (Wildman–Crippen LogP) is 2.65. The third-order valence-corrected chi connectivity index (χ3v) is 2.74. The lowest BCUT2D eigenvalue weighted by molar-refractivity contribution is -0.384. The molecule has 20 heavy (non-hydrogen) atoms. The monoisotopic (exact) mass is 282 g/mol. The summed E-state index contributed by atoms with van der Waals surface area (Å²) in [5.41, 5.74) is 0.0196. The molecule has 0 saturated carbocycles. The average Bonchev–Trinajstić information content (AvgIpc) is 2.39. The number of hydrogen-bond donors (Lipinski definition) is 2. The van der Waals surface area contributed by atoms with Crippen LogP contribution in [0.15, 0.2) is 12.1 Å². The molecule has 0 spiro atoms. The van der Waals surface area contributed by atoms with Crippen molar-refractivity contribution >= 4 is 17.3 Å². The molecule has 1 atom stereocenters. The highest BCUT2D eigenvalue weighted by Gasteiger charge is 2.14. The molecule has 0 aliphatic carbocycles. The Morgan fingerprint density at radius 2 is 2.10 bits per heavy atom. The number of ether oxygens (including phenoxy) is 1. The van der Waals surface area contributed by atoms with Crippen LogP contribution >= 0.6 is 0 Å². The van der Waals surface area contributed by atoms with Gasteiger partial charge >= 0.3 is 0 Å². The Kier molecular flexibility index (Phi) is 6.72. The number of nitrogens with zero attached hydrogens (tertiary/aromatic N) is 2. The highest BCUT2D eigenvalue weighted by atomic mass is 16.6. The first-order chi connectivity index (χ1) is 9.60. The fourth-order valence-corrected chi connectivity index (χ4v) is 1.92. The Labute approximate surface area is 118 Å². The van der Waals surface area contributed by atoms with Crippen LogP contribution in [0.5, 0.6) is 0 Å². The highest BCUT2D eigenvalue weighted by molar-refractivity contribution is 5.55. The lowest BCUT2D eigenvalue weighted by Gasteiger charge is -2.18. The summed E-state index contributed by atoms with van der Waals surface area (Å²) in [6.45, 7) is 5.19. The number of rotatable bonds is 9. The van der Waals surface area contributed by atoms with Crippen LogP contribution < -0.4 is 10.6 Å². The minimum absolute atomic E-state index is 0.0196. The first kappa shape index (κ1) is 16.2. The van der Waals surface area contributed by atoms with Gasteiger partial charge in [0, 0.05) is 13.7 Å². The largest absolute Gasteiger partial charge is 0.383 e. The molecule has 0 amide bonds. The van der Waals surface area contributed by atoms with Crippen LogP contribution in [-0.2, 0) is 4.74 Å². The van der Waals surface area contributed by atoms with E-state index in [0.717, 1.165) is 12.8 Å². The number of aromatic nitrogens is 1. The molecule has 112 valence electrons. The van der Waals surface area contributed by atoms with E-state index in [1.165, 1.54) is 12.1 Å². The summed E-state index contributed by atoms with van der Waals surface area (Å²) in [7, 11) is 1.63. The number of hydrogen-bond acceptors (Lipinski definition) is 6. The second kappa shape index (κ2) is 8.31. The third-order valence-electron chi connectivity index (χ3n) is 2.74. The molecule has 2 N–H and O–H groups in total. The van der Waals surface area contributed by atoms with Gasteiger partial charge in [-0.1, -0.05) is 13.3 Å². The summed E-state index contributed by atoms with van der Waals surface area (Å²) >= 11 is 0. The van der Waals surface area contributed by atoms with E-state index in [9.17, 15) is 10.1 Å². The van der Waals surface area contributed by atoms with Crippen molar-refractivity contribution in [2.75, 3.05) is 30.9 Å². The van der Waals surface area contributed by atoms with Crippen molar-refractivity contribution in [1.82, 2.24) is 4.98 Å². The molecular formula is C13H22N4O3. The van der Waals surface area contributed by atoms with Gasteiger partial charge in [0.2, 0.25) is 0 Å². The van der Waals surface area contributed by atoms with E-state index < -0.39 is 4.92 Å². The Morgan fingerprint density at radius 1 is 1.40 bits per heavy atom. The van der Waals surface area contributed by atoms with Gasteiger partial charge in [0.1, 0.15) is 11.6 Å². The van der Waals surface area contributed by atoms with Crippen LogP contribution in [0.1, 0.15) is 26.7 Å². The standard InChI is InChI=1S/C13H22N4O3/c1-4-6-10(9-20-3)15-13-8-11(17(18)19)7-12(16-13)14-5-2/h7-8,10H,4-6,9H2,1-3H3,(H2,14,15,16). The molecule has 0 fully saturated rings. The number of anilines is 2. The van der Waals surface area contributed by atoms with Gasteiger partial charge in [0.05, 0.1) is 29.7 Å². The zero-order chi connectivity index (χ0) is 15.0. The first-order valence-electron chi connectivity index (χ1n) is 6.76.